The third kappa shape index (κ3) is 6.22. The summed E-state index contributed by atoms with van der Waals surface area (Å²) in [5.74, 6) is 0. The van der Waals surface area contributed by atoms with Crippen LogP contribution in [0.25, 0.3) is 0 Å². The largest absolute Gasteiger partial charge is 0.444 e. The lowest BCUT2D eigenvalue weighted by Crippen LogP contribution is -2.48. The van der Waals surface area contributed by atoms with Gasteiger partial charge in [-0.15, -0.1) is 0 Å². The smallest absolute Gasteiger partial charge is 0.410 e. The lowest BCUT2D eigenvalue weighted by atomic mass is 10.1. The van der Waals surface area contributed by atoms with E-state index in [2.05, 4.69) is 5.32 Å². The number of nitrogens with zero attached hydrogens (tertiary/aromatic N) is 1. The van der Waals surface area contributed by atoms with Crippen LogP contribution in [0.5, 0.6) is 0 Å². The minimum absolute atomic E-state index is 0.232. The Kier molecular flexibility index (Phi) is 6.03. The van der Waals surface area contributed by atoms with Crippen molar-refractivity contribution in [3.63, 3.8) is 0 Å². The molecule has 3 N–H and O–H groups in total. The first-order valence-electron chi connectivity index (χ1n) is 6.82. The number of piperidine rings is 1. The molecule has 112 valence electrons. The molecule has 1 saturated heterocycles. The molecule has 0 aromatic rings. The van der Waals surface area contributed by atoms with Crippen LogP contribution in [0.2, 0.25) is 0 Å². The zero-order valence-corrected chi connectivity index (χ0v) is 12.1. The highest BCUT2D eigenvalue weighted by Crippen LogP contribution is 2.15. The molecule has 1 aliphatic rings. The average molecular weight is 274 g/mol. The van der Waals surface area contributed by atoms with E-state index in [4.69, 9.17) is 9.84 Å². The second kappa shape index (κ2) is 7.07. The Morgan fingerprint density at radius 1 is 1.42 bits per heavy atom. The fourth-order valence-electron chi connectivity index (χ4n) is 1.96. The summed E-state index contributed by atoms with van der Waals surface area (Å²) in [6.07, 6.45) is 0.680. The van der Waals surface area contributed by atoms with Gasteiger partial charge >= 0.3 is 6.09 Å². The number of carbonyl (C=O) groups excluding carboxylic acids is 1. The monoisotopic (exact) mass is 274 g/mol. The van der Waals surface area contributed by atoms with Crippen LogP contribution in [-0.2, 0) is 4.74 Å². The summed E-state index contributed by atoms with van der Waals surface area (Å²) in [6.45, 7) is 7.03. The Balaban J connectivity index is 2.27. The molecule has 1 heterocycles. The van der Waals surface area contributed by atoms with Crippen molar-refractivity contribution >= 4 is 6.09 Å². The van der Waals surface area contributed by atoms with Crippen molar-refractivity contribution in [2.45, 2.75) is 51.4 Å². The van der Waals surface area contributed by atoms with Crippen LogP contribution in [0.15, 0.2) is 0 Å². The minimum atomic E-state index is -0.719. The van der Waals surface area contributed by atoms with Crippen LogP contribution in [0.1, 0.15) is 33.6 Å². The maximum atomic E-state index is 11.8. The zero-order valence-electron chi connectivity index (χ0n) is 12.1. The van der Waals surface area contributed by atoms with Crippen molar-refractivity contribution in [3.05, 3.63) is 0 Å². The molecule has 1 atom stereocenters. The maximum Gasteiger partial charge on any atom is 0.410 e. The highest BCUT2D eigenvalue weighted by atomic mass is 16.6. The summed E-state index contributed by atoms with van der Waals surface area (Å²) in [5.41, 5.74) is -0.461. The maximum absolute atomic E-state index is 11.8. The molecule has 19 heavy (non-hydrogen) atoms. The summed E-state index contributed by atoms with van der Waals surface area (Å²) in [4.78, 5) is 13.6. The Hall–Kier alpha value is -0.850. The Morgan fingerprint density at radius 3 is 2.47 bits per heavy atom. The number of rotatable bonds is 4. The fourth-order valence-corrected chi connectivity index (χ4v) is 1.96. The van der Waals surface area contributed by atoms with Gasteiger partial charge in [-0.05, 0) is 33.6 Å². The molecule has 1 rings (SSSR count). The summed E-state index contributed by atoms with van der Waals surface area (Å²) >= 11 is 0. The van der Waals surface area contributed by atoms with Crippen molar-refractivity contribution in [1.82, 2.24) is 10.2 Å². The number of likely N-dealkylation sites (tertiary alicyclic amines) is 1. The molecule has 0 bridgehead atoms. The first-order chi connectivity index (χ1) is 8.81. The van der Waals surface area contributed by atoms with Crippen molar-refractivity contribution in [3.8, 4) is 0 Å². The van der Waals surface area contributed by atoms with Crippen molar-refractivity contribution in [2.75, 3.05) is 26.2 Å². The van der Waals surface area contributed by atoms with Gasteiger partial charge in [-0.1, -0.05) is 0 Å². The predicted octanol–water partition coefficient (Wildman–Crippen LogP) is 0.329. The third-order valence-corrected chi connectivity index (χ3v) is 3.00. The lowest BCUT2D eigenvalue weighted by Gasteiger charge is -2.34. The van der Waals surface area contributed by atoms with E-state index in [1.165, 1.54) is 0 Å². The topological polar surface area (TPSA) is 82.0 Å². The summed E-state index contributed by atoms with van der Waals surface area (Å²) in [6, 6.07) is 0.278. The van der Waals surface area contributed by atoms with Crippen molar-refractivity contribution in [2.24, 2.45) is 0 Å². The molecule has 0 spiro atoms. The normalized spacial score (nSPS) is 19.3. The van der Waals surface area contributed by atoms with Gasteiger partial charge in [0.2, 0.25) is 0 Å². The fraction of sp³-hybridized carbons (Fsp3) is 0.923. The molecule has 1 aliphatic heterocycles. The van der Waals surface area contributed by atoms with Crippen molar-refractivity contribution < 1.29 is 19.7 Å². The molecule has 0 radical (unpaired) electrons. The van der Waals surface area contributed by atoms with Gasteiger partial charge in [0.1, 0.15) is 5.60 Å². The molecule has 1 unspecified atom stereocenters. The van der Waals surface area contributed by atoms with Crippen LogP contribution in [0, 0.1) is 0 Å². The molecule has 0 aliphatic carbocycles. The SMILES string of the molecule is CC(C)(C)OC(=O)N1CCC(NCC(O)CO)CC1. The number of aliphatic hydroxyl groups is 2. The third-order valence-electron chi connectivity index (χ3n) is 3.00. The van der Waals surface area contributed by atoms with Gasteiger partial charge in [0.05, 0.1) is 12.7 Å². The Bertz CT molecular complexity index is 283. The average Bonchev–Trinajstić information content (AvgIpc) is 2.34. The van der Waals surface area contributed by atoms with Crippen LogP contribution in [0.3, 0.4) is 0 Å². The number of ether oxygens (including phenoxy) is 1. The summed E-state index contributed by atoms with van der Waals surface area (Å²) in [5, 5.41) is 21.2. The summed E-state index contributed by atoms with van der Waals surface area (Å²) < 4.78 is 5.32. The first-order valence-corrected chi connectivity index (χ1v) is 6.82. The molecule has 1 fully saturated rings. The van der Waals surface area contributed by atoms with Gasteiger partial charge in [-0.2, -0.15) is 0 Å². The Labute approximate surface area is 114 Å². The second-order valence-corrected chi connectivity index (χ2v) is 5.99. The van der Waals surface area contributed by atoms with E-state index in [1.54, 1.807) is 4.90 Å². The van der Waals surface area contributed by atoms with Gasteiger partial charge < -0.3 is 25.2 Å². The van der Waals surface area contributed by atoms with E-state index < -0.39 is 11.7 Å². The number of hydrogen-bond donors (Lipinski definition) is 3. The lowest BCUT2D eigenvalue weighted by molar-refractivity contribution is 0.0191. The predicted molar refractivity (Wildman–Crippen MR) is 71.9 cm³/mol. The van der Waals surface area contributed by atoms with E-state index >= 15 is 0 Å². The highest BCUT2D eigenvalue weighted by molar-refractivity contribution is 5.68. The van der Waals surface area contributed by atoms with E-state index in [0.29, 0.717) is 19.6 Å². The van der Waals surface area contributed by atoms with Crippen LogP contribution in [-0.4, -0.2) is 65.2 Å². The van der Waals surface area contributed by atoms with Gasteiger partial charge in [0.15, 0.2) is 0 Å². The van der Waals surface area contributed by atoms with E-state index in [9.17, 15) is 9.90 Å². The summed E-state index contributed by atoms with van der Waals surface area (Å²) in [7, 11) is 0. The Morgan fingerprint density at radius 2 is 2.00 bits per heavy atom. The molecule has 0 aromatic carbocycles. The van der Waals surface area contributed by atoms with Gasteiger partial charge in [0, 0.05) is 25.7 Å². The molecular weight excluding hydrogens is 248 g/mol. The van der Waals surface area contributed by atoms with Crippen LogP contribution < -0.4 is 5.32 Å². The number of amides is 1. The standard InChI is InChI=1S/C13H26N2O4/c1-13(2,3)19-12(18)15-6-4-10(5-7-15)14-8-11(17)9-16/h10-11,14,16-17H,4-9H2,1-3H3. The molecule has 1 amide bonds. The molecule has 0 aromatic heterocycles. The first kappa shape index (κ1) is 16.2. The number of carbonyl (C=O) groups is 1. The van der Waals surface area contributed by atoms with Gasteiger partial charge in [-0.3, -0.25) is 0 Å². The molecule has 0 saturated carbocycles. The highest BCUT2D eigenvalue weighted by Gasteiger charge is 2.26. The number of nitrogens with one attached hydrogen (secondary N) is 1. The molecular formula is C13H26N2O4. The minimum Gasteiger partial charge on any atom is -0.444 e. The molecule has 6 heteroatoms. The van der Waals surface area contributed by atoms with Crippen LogP contribution >= 0.6 is 0 Å². The van der Waals surface area contributed by atoms with Crippen molar-refractivity contribution in [1.29, 1.82) is 0 Å². The quantitative estimate of drug-likeness (QED) is 0.688. The van der Waals surface area contributed by atoms with Crippen LogP contribution in [0.4, 0.5) is 4.79 Å². The van der Waals surface area contributed by atoms with E-state index in [-0.39, 0.29) is 18.7 Å². The molecule has 6 nitrogen and oxygen atoms in total. The second-order valence-electron chi connectivity index (χ2n) is 5.99. The van der Waals surface area contributed by atoms with Gasteiger partial charge in [-0.25, -0.2) is 4.79 Å². The number of hydrogen-bond acceptors (Lipinski definition) is 5. The number of aliphatic hydroxyl groups excluding tert-OH is 2. The van der Waals surface area contributed by atoms with Gasteiger partial charge in [0.25, 0.3) is 0 Å². The van der Waals surface area contributed by atoms with E-state index in [1.807, 2.05) is 20.8 Å². The zero-order chi connectivity index (χ0) is 14.5. The van der Waals surface area contributed by atoms with E-state index in [0.717, 1.165) is 12.8 Å².